The monoisotopic (exact) mass is 414 g/mol. The lowest BCUT2D eigenvalue weighted by Gasteiger charge is -2.29. The molecule has 1 fully saturated rings. The van der Waals surface area contributed by atoms with Gasteiger partial charge in [0.1, 0.15) is 0 Å². The fraction of sp³-hybridized carbons (Fsp3) is 0.474. The van der Waals surface area contributed by atoms with E-state index in [9.17, 15) is 18.0 Å². The minimum absolute atomic E-state index is 0.119. The highest BCUT2D eigenvalue weighted by atomic mass is 32.2. The first kappa shape index (κ1) is 20.2. The fourth-order valence-corrected chi connectivity index (χ4v) is 5.19. The summed E-state index contributed by atoms with van der Waals surface area (Å²) in [6.45, 7) is 3.82. The summed E-state index contributed by atoms with van der Waals surface area (Å²) in [5.41, 5.74) is 2.51. The van der Waals surface area contributed by atoms with E-state index >= 15 is 0 Å². The number of benzene rings is 1. The topological polar surface area (TPSA) is 42.0 Å². The Hall–Kier alpha value is -1.54. The molecule has 1 aliphatic rings. The molecule has 27 heavy (non-hydrogen) atoms. The number of aromatic nitrogens is 1. The average Bonchev–Trinajstić information content (AvgIpc) is 3.01. The first-order valence-corrected chi connectivity index (χ1v) is 10.5. The van der Waals surface area contributed by atoms with Crippen molar-refractivity contribution in [2.75, 3.05) is 5.32 Å². The number of nitrogens with zero attached hydrogens (tertiary/aromatic N) is 1. The lowest BCUT2D eigenvalue weighted by molar-refractivity contribution is -0.185. The van der Waals surface area contributed by atoms with E-state index in [1.165, 1.54) is 0 Å². The maximum Gasteiger partial charge on any atom is 0.391 e. The van der Waals surface area contributed by atoms with E-state index in [1.54, 1.807) is 29.2 Å². The van der Waals surface area contributed by atoms with Crippen LogP contribution in [0, 0.1) is 25.7 Å². The highest BCUT2D eigenvalue weighted by molar-refractivity contribution is 8.01. The van der Waals surface area contributed by atoms with E-state index in [0.717, 1.165) is 20.5 Å². The molecule has 2 aromatic rings. The Bertz CT molecular complexity index is 820. The van der Waals surface area contributed by atoms with Crippen molar-refractivity contribution >= 4 is 34.7 Å². The van der Waals surface area contributed by atoms with Crippen LogP contribution < -0.4 is 5.32 Å². The molecule has 1 N–H and O–H groups in total. The number of alkyl halides is 3. The minimum atomic E-state index is -4.22. The largest absolute Gasteiger partial charge is 0.391 e. The van der Waals surface area contributed by atoms with Crippen LogP contribution in [0.25, 0.3) is 0 Å². The van der Waals surface area contributed by atoms with Gasteiger partial charge in [0, 0.05) is 27.6 Å². The van der Waals surface area contributed by atoms with Gasteiger partial charge >= 0.3 is 6.18 Å². The van der Waals surface area contributed by atoms with Gasteiger partial charge in [0.25, 0.3) is 0 Å². The molecule has 3 nitrogen and oxygen atoms in total. The smallest absolute Gasteiger partial charge is 0.326 e. The molecule has 1 saturated carbocycles. The van der Waals surface area contributed by atoms with Crippen molar-refractivity contribution < 1.29 is 18.0 Å². The van der Waals surface area contributed by atoms with E-state index in [-0.39, 0.29) is 18.7 Å². The molecular formula is C19H21F3N2OS2. The number of rotatable bonds is 4. The Morgan fingerprint density at radius 1 is 1.30 bits per heavy atom. The number of nitrogens with one attached hydrogen (secondary N) is 1. The van der Waals surface area contributed by atoms with E-state index in [0.29, 0.717) is 18.5 Å². The molecule has 1 aromatic carbocycles. The van der Waals surface area contributed by atoms with Gasteiger partial charge in [0.15, 0.2) is 4.34 Å². The number of amides is 1. The second-order valence-corrected chi connectivity index (χ2v) is 9.10. The predicted molar refractivity (Wildman–Crippen MR) is 102 cm³/mol. The van der Waals surface area contributed by atoms with Crippen molar-refractivity contribution in [3.8, 4) is 0 Å². The Labute approximate surface area is 164 Å². The highest BCUT2D eigenvalue weighted by Crippen LogP contribution is 2.40. The van der Waals surface area contributed by atoms with Crippen molar-refractivity contribution in [3.05, 3.63) is 34.8 Å². The number of halogens is 3. The van der Waals surface area contributed by atoms with Crippen LogP contribution in [0.4, 0.5) is 18.9 Å². The van der Waals surface area contributed by atoms with Gasteiger partial charge in [-0.2, -0.15) is 13.2 Å². The second kappa shape index (κ2) is 8.22. The lowest BCUT2D eigenvalue weighted by Crippen LogP contribution is -2.34. The molecule has 2 atom stereocenters. The molecule has 0 saturated heterocycles. The van der Waals surface area contributed by atoms with Crippen LogP contribution in [-0.2, 0) is 4.79 Å². The first-order valence-electron chi connectivity index (χ1n) is 8.80. The zero-order valence-electron chi connectivity index (χ0n) is 15.1. The van der Waals surface area contributed by atoms with E-state index in [1.807, 2.05) is 31.4 Å². The summed E-state index contributed by atoms with van der Waals surface area (Å²) < 4.78 is 39.8. The van der Waals surface area contributed by atoms with E-state index in [4.69, 9.17) is 0 Å². The van der Waals surface area contributed by atoms with E-state index in [2.05, 4.69) is 10.3 Å². The van der Waals surface area contributed by atoms with Crippen molar-refractivity contribution in [2.24, 2.45) is 11.8 Å². The molecule has 8 heteroatoms. The van der Waals surface area contributed by atoms with Crippen molar-refractivity contribution in [1.29, 1.82) is 0 Å². The Morgan fingerprint density at radius 2 is 2.07 bits per heavy atom. The van der Waals surface area contributed by atoms with Crippen LogP contribution in [0.1, 0.15) is 36.9 Å². The average molecular weight is 415 g/mol. The summed E-state index contributed by atoms with van der Waals surface area (Å²) in [7, 11) is 0. The third-order valence-corrected chi connectivity index (χ3v) is 6.81. The molecule has 2 unspecified atom stereocenters. The molecule has 0 aliphatic heterocycles. The van der Waals surface area contributed by atoms with Crippen LogP contribution in [0.15, 0.2) is 32.8 Å². The minimum Gasteiger partial charge on any atom is -0.326 e. The van der Waals surface area contributed by atoms with Crippen molar-refractivity contribution in [1.82, 2.24) is 4.98 Å². The molecule has 0 radical (unpaired) electrons. The lowest BCUT2D eigenvalue weighted by atomic mass is 9.80. The van der Waals surface area contributed by atoms with Gasteiger partial charge in [0.2, 0.25) is 5.91 Å². The number of hydrogen-bond donors (Lipinski definition) is 1. The van der Waals surface area contributed by atoms with Crippen LogP contribution in [0.2, 0.25) is 0 Å². The van der Waals surface area contributed by atoms with Gasteiger partial charge in [-0.1, -0.05) is 18.2 Å². The van der Waals surface area contributed by atoms with Gasteiger partial charge in [0.05, 0.1) is 5.92 Å². The number of carbonyl (C=O) groups excluding carboxylic acids is 1. The maximum atomic E-state index is 13.0. The Kier molecular flexibility index (Phi) is 6.15. The number of aryl methyl sites for hydroxylation is 2. The quantitative estimate of drug-likeness (QED) is 0.646. The second-order valence-electron chi connectivity index (χ2n) is 6.92. The van der Waals surface area contributed by atoms with Gasteiger partial charge < -0.3 is 5.32 Å². The molecule has 1 heterocycles. The summed E-state index contributed by atoms with van der Waals surface area (Å²) in [5, 5.41) is 4.81. The number of anilines is 1. The third kappa shape index (κ3) is 5.25. The molecular weight excluding hydrogens is 393 g/mol. The number of hydrogen-bond acceptors (Lipinski definition) is 4. The Balaban J connectivity index is 1.64. The SMILES string of the molecule is Cc1csc(Sc2ccc(NC(=O)C3CCCC(C(F)(F)F)C3)c(C)c2)n1. The molecule has 1 aromatic heterocycles. The molecule has 0 bridgehead atoms. The van der Waals surface area contributed by atoms with Crippen LogP contribution in [-0.4, -0.2) is 17.1 Å². The first-order chi connectivity index (χ1) is 12.7. The van der Waals surface area contributed by atoms with Crippen LogP contribution in [0.5, 0.6) is 0 Å². The molecule has 0 spiro atoms. The van der Waals surface area contributed by atoms with Crippen molar-refractivity contribution in [2.45, 2.75) is 54.9 Å². The molecule has 1 amide bonds. The Morgan fingerprint density at radius 3 is 2.70 bits per heavy atom. The van der Waals surface area contributed by atoms with E-state index < -0.39 is 18.0 Å². The van der Waals surface area contributed by atoms with Gasteiger partial charge in [-0.05, 0) is 56.9 Å². The normalized spacial score (nSPS) is 20.5. The highest BCUT2D eigenvalue weighted by Gasteiger charge is 2.43. The summed E-state index contributed by atoms with van der Waals surface area (Å²) in [6.07, 6.45) is -3.28. The van der Waals surface area contributed by atoms with Gasteiger partial charge in [-0.25, -0.2) is 4.98 Å². The van der Waals surface area contributed by atoms with Crippen LogP contribution in [0.3, 0.4) is 0 Å². The predicted octanol–water partition coefficient (Wildman–Crippen LogP) is 6.22. The van der Waals surface area contributed by atoms with Crippen molar-refractivity contribution in [3.63, 3.8) is 0 Å². The fourth-order valence-electron chi connectivity index (χ4n) is 3.28. The molecule has 1 aliphatic carbocycles. The summed E-state index contributed by atoms with van der Waals surface area (Å²) in [5.74, 6) is -2.27. The third-order valence-electron chi connectivity index (χ3n) is 4.77. The van der Waals surface area contributed by atoms with Gasteiger partial charge in [-0.15, -0.1) is 11.3 Å². The standard InChI is InChI=1S/C19H21F3N2OS2/c1-11-8-15(27-18-23-12(2)10-26-18)6-7-16(11)24-17(25)13-4-3-5-14(9-13)19(20,21)22/h6-8,10,13-14H,3-5,9H2,1-2H3,(H,24,25). The summed E-state index contributed by atoms with van der Waals surface area (Å²) in [4.78, 5) is 17.9. The molecule has 3 rings (SSSR count). The number of carbonyl (C=O) groups is 1. The zero-order valence-corrected chi connectivity index (χ0v) is 16.7. The van der Waals surface area contributed by atoms with Crippen LogP contribution >= 0.6 is 23.1 Å². The summed E-state index contributed by atoms with van der Waals surface area (Å²) in [6, 6.07) is 5.65. The maximum absolute atomic E-state index is 13.0. The molecule has 146 valence electrons. The number of thiazole rings is 1. The zero-order chi connectivity index (χ0) is 19.6. The summed E-state index contributed by atoms with van der Waals surface area (Å²) >= 11 is 3.13. The van der Waals surface area contributed by atoms with Gasteiger partial charge in [-0.3, -0.25) is 4.79 Å².